The molecule has 0 spiro atoms. The third kappa shape index (κ3) is 4.80. The summed E-state index contributed by atoms with van der Waals surface area (Å²) in [5, 5.41) is 1.15. The van der Waals surface area contributed by atoms with E-state index in [0.29, 0.717) is 5.92 Å². The third-order valence-electron chi connectivity index (χ3n) is 5.27. The molecule has 1 aliphatic carbocycles. The Morgan fingerprint density at radius 1 is 1.12 bits per heavy atom. The number of aromatic nitrogens is 1. The van der Waals surface area contributed by atoms with Gasteiger partial charge in [-0.25, -0.2) is 0 Å². The quantitative estimate of drug-likeness (QED) is 0.548. The fraction of sp³-hybridized carbons (Fsp3) is 0.591. The van der Waals surface area contributed by atoms with E-state index in [4.69, 9.17) is 10.5 Å². The van der Waals surface area contributed by atoms with E-state index in [9.17, 15) is 4.79 Å². The van der Waals surface area contributed by atoms with Crippen LogP contribution in [0.15, 0.2) is 24.3 Å². The van der Waals surface area contributed by atoms with Gasteiger partial charge in [0.1, 0.15) is 5.60 Å². The fourth-order valence-electron chi connectivity index (χ4n) is 3.99. The van der Waals surface area contributed by atoms with Crippen LogP contribution in [0, 0.1) is 5.92 Å². The first-order chi connectivity index (χ1) is 12.3. The van der Waals surface area contributed by atoms with Gasteiger partial charge in [-0.1, -0.05) is 25.7 Å². The molecular weight excluding hydrogens is 324 g/mol. The SMILES string of the molecule is CC(C)(C)OC(=O)C1CCCCCCC(c2cc3cc(N)ccc3[nH]2)C1. The number of rotatable bonds is 2. The highest BCUT2D eigenvalue weighted by atomic mass is 16.6. The number of ether oxygens (including phenoxy) is 1. The zero-order valence-electron chi connectivity index (χ0n) is 16.3. The number of fused-ring (bicyclic) bond motifs is 1. The minimum Gasteiger partial charge on any atom is -0.460 e. The number of aromatic amines is 1. The maximum absolute atomic E-state index is 12.7. The van der Waals surface area contributed by atoms with Crippen molar-refractivity contribution in [3.8, 4) is 0 Å². The number of hydrogen-bond donors (Lipinski definition) is 2. The van der Waals surface area contributed by atoms with Crippen molar-refractivity contribution in [1.82, 2.24) is 4.98 Å². The van der Waals surface area contributed by atoms with Crippen molar-refractivity contribution in [2.24, 2.45) is 5.92 Å². The zero-order valence-corrected chi connectivity index (χ0v) is 16.3. The molecule has 2 aromatic rings. The van der Waals surface area contributed by atoms with Crippen molar-refractivity contribution in [3.05, 3.63) is 30.0 Å². The van der Waals surface area contributed by atoms with E-state index in [2.05, 4.69) is 11.1 Å². The standard InChI is InChI=1S/C22H32N2O2/c1-22(2,3)26-21(25)16-9-7-5-4-6-8-15(12-16)20-14-17-13-18(23)10-11-19(17)24-20/h10-11,13-16,24H,4-9,12,23H2,1-3H3. The monoisotopic (exact) mass is 356 g/mol. The first kappa shape index (κ1) is 18.8. The Hall–Kier alpha value is -1.97. The van der Waals surface area contributed by atoms with Crippen molar-refractivity contribution in [3.63, 3.8) is 0 Å². The predicted molar refractivity (Wildman–Crippen MR) is 107 cm³/mol. The van der Waals surface area contributed by atoms with E-state index in [1.54, 1.807) is 0 Å². The lowest BCUT2D eigenvalue weighted by Crippen LogP contribution is -2.29. The number of nitrogens with one attached hydrogen (secondary N) is 1. The summed E-state index contributed by atoms with van der Waals surface area (Å²) in [6, 6.07) is 8.18. The van der Waals surface area contributed by atoms with Gasteiger partial charge in [0.25, 0.3) is 0 Å². The first-order valence-corrected chi connectivity index (χ1v) is 9.93. The molecule has 1 aliphatic rings. The van der Waals surface area contributed by atoms with Gasteiger partial charge in [0, 0.05) is 22.3 Å². The third-order valence-corrected chi connectivity index (χ3v) is 5.27. The topological polar surface area (TPSA) is 68.1 Å². The molecule has 0 saturated heterocycles. The highest BCUT2D eigenvalue weighted by molar-refractivity contribution is 5.83. The van der Waals surface area contributed by atoms with E-state index in [1.807, 2.05) is 39.0 Å². The van der Waals surface area contributed by atoms with Gasteiger partial charge in [-0.15, -0.1) is 0 Å². The van der Waals surface area contributed by atoms with Crippen LogP contribution in [0.25, 0.3) is 10.9 Å². The summed E-state index contributed by atoms with van der Waals surface area (Å²) in [6.07, 6.45) is 7.67. The van der Waals surface area contributed by atoms with E-state index in [0.717, 1.165) is 42.3 Å². The summed E-state index contributed by atoms with van der Waals surface area (Å²) in [6.45, 7) is 5.83. The molecule has 26 heavy (non-hydrogen) atoms. The van der Waals surface area contributed by atoms with Crippen LogP contribution < -0.4 is 5.73 Å². The molecule has 1 aromatic heterocycles. The van der Waals surface area contributed by atoms with Crippen molar-refractivity contribution >= 4 is 22.6 Å². The smallest absolute Gasteiger partial charge is 0.309 e. The van der Waals surface area contributed by atoms with Crippen LogP contribution in [0.5, 0.6) is 0 Å². The summed E-state index contributed by atoms with van der Waals surface area (Å²) in [4.78, 5) is 16.3. The Kier molecular flexibility index (Phi) is 5.59. The van der Waals surface area contributed by atoms with Crippen molar-refractivity contribution in [2.75, 3.05) is 5.73 Å². The van der Waals surface area contributed by atoms with Crippen molar-refractivity contribution < 1.29 is 9.53 Å². The Balaban J connectivity index is 1.83. The van der Waals surface area contributed by atoms with Gasteiger partial charge >= 0.3 is 5.97 Å². The van der Waals surface area contributed by atoms with Crippen molar-refractivity contribution in [2.45, 2.75) is 77.2 Å². The van der Waals surface area contributed by atoms with Crippen LogP contribution in [-0.2, 0) is 9.53 Å². The number of nitrogen functional groups attached to an aromatic ring is 1. The molecule has 4 heteroatoms. The molecule has 0 bridgehead atoms. The summed E-state index contributed by atoms with van der Waals surface area (Å²) in [5.74, 6) is 0.304. The van der Waals surface area contributed by atoms with E-state index in [-0.39, 0.29) is 11.9 Å². The summed E-state index contributed by atoms with van der Waals surface area (Å²) in [5.41, 5.74) is 8.62. The molecule has 3 N–H and O–H groups in total. The molecular formula is C22H32N2O2. The Bertz CT molecular complexity index is 757. The average molecular weight is 357 g/mol. The van der Waals surface area contributed by atoms with Gasteiger partial charge in [-0.2, -0.15) is 0 Å². The molecule has 4 nitrogen and oxygen atoms in total. The van der Waals surface area contributed by atoms with Crippen LogP contribution >= 0.6 is 0 Å². The predicted octanol–water partition coefficient (Wildman–Crippen LogP) is 5.54. The largest absolute Gasteiger partial charge is 0.460 e. The molecule has 1 saturated carbocycles. The first-order valence-electron chi connectivity index (χ1n) is 9.93. The number of nitrogens with two attached hydrogens (primary N) is 1. The van der Waals surface area contributed by atoms with Gasteiger partial charge in [-0.05, 0) is 70.2 Å². The summed E-state index contributed by atoms with van der Waals surface area (Å²) in [7, 11) is 0. The maximum atomic E-state index is 12.7. The lowest BCUT2D eigenvalue weighted by atomic mass is 9.87. The zero-order chi connectivity index (χ0) is 18.7. The fourth-order valence-corrected chi connectivity index (χ4v) is 3.99. The molecule has 2 unspecified atom stereocenters. The van der Waals surface area contributed by atoms with Gasteiger partial charge in [0.2, 0.25) is 0 Å². The second-order valence-corrected chi connectivity index (χ2v) is 8.73. The molecule has 142 valence electrons. The number of hydrogen-bond acceptors (Lipinski definition) is 3. The van der Waals surface area contributed by atoms with Crippen molar-refractivity contribution in [1.29, 1.82) is 0 Å². The summed E-state index contributed by atoms with van der Waals surface area (Å²) < 4.78 is 5.71. The number of anilines is 1. The highest BCUT2D eigenvalue weighted by Gasteiger charge is 2.29. The molecule has 0 radical (unpaired) electrons. The molecule has 0 amide bonds. The second kappa shape index (κ2) is 7.73. The second-order valence-electron chi connectivity index (χ2n) is 8.73. The lowest BCUT2D eigenvalue weighted by molar-refractivity contribution is -0.160. The minimum absolute atomic E-state index is 0.0196. The van der Waals surface area contributed by atoms with Crippen LogP contribution in [0.1, 0.15) is 77.3 Å². The lowest BCUT2D eigenvalue weighted by Gasteiger charge is -2.26. The van der Waals surface area contributed by atoms with Gasteiger partial charge in [0.15, 0.2) is 0 Å². The number of benzene rings is 1. The number of H-pyrrole nitrogens is 1. The Morgan fingerprint density at radius 3 is 2.58 bits per heavy atom. The number of carbonyl (C=O) groups excluding carboxylic acids is 1. The van der Waals surface area contributed by atoms with Crippen LogP contribution in [0.2, 0.25) is 0 Å². The average Bonchev–Trinajstić information content (AvgIpc) is 2.99. The van der Waals surface area contributed by atoms with Crippen LogP contribution in [-0.4, -0.2) is 16.6 Å². The molecule has 1 fully saturated rings. The maximum Gasteiger partial charge on any atom is 0.309 e. The number of carbonyl (C=O) groups is 1. The van der Waals surface area contributed by atoms with Gasteiger partial charge < -0.3 is 15.5 Å². The summed E-state index contributed by atoms with van der Waals surface area (Å²) >= 11 is 0. The Labute approximate surface area is 156 Å². The Morgan fingerprint density at radius 2 is 1.85 bits per heavy atom. The van der Waals surface area contributed by atoms with Crippen LogP contribution in [0.3, 0.4) is 0 Å². The van der Waals surface area contributed by atoms with Gasteiger partial charge in [-0.3, -0.25) is 4.79 Å². The molecule has 1 aromatic carbocycles. The molecule has 3 rings (SSSR count). The van der Waals surface area contributed by atoms with Gasteiger partial charge in [0.05, 0.1) is 5.92 Å². The highest BCUT2D eigenvalue weighted by Crippen LogP contribution is 2.35. The van der Waals surface area contributed by atoms with E-state index in [1.165, 1.54) is 25.0 Å². The van der Waals surface area contributed by atoms with Crippen LogP contribution in [0.4, 0.5) is 5.69 Å². The minimum atomic E-state index is -0.427. The van der Waals surface area contributed by atoms with E-state index >= 15 is 0 Å². The molecule has 0 aliphatic heterocycles. The molecule has 1 heterocycles. The number of esters is 1. The molecule has 2 atom stereocenters. The normalized spacial score (nSPS) is 22.4. The van der Waals surface area contributed by atoms with E-state index < -0.39 is 5.60 Å².